The Bertz CT molecular complexity index is 764. The monoisotopic (exact) mass is 346 g/mol. The molecule has 0 bridgehead atoms. The van der Waals surface area contributed by atoms with Crippen molar-refractivity contribution in [3.63, 3.8) is 0 Å². The van der Waals surface area contributed by atoms with Gasteiger partial charge in [0.25, 0.3) is 15.7 Å². The lowest BCUT2D eigenvalue weighted by Gasteiger charge is -2.19. The maximum atomic E-state index is 12.1. The van der Waals surface area contributed by atoms with Crippen molar-refractivity contribution in [2.45, 2.75) is 31.3 Å². The van der Waals surface area contributed by atoms with Crippen LogP contribution in [0.25, 0.3) is 0 Å². The first-order valence-electron chi connectivity index (χ1n) is 6.11. The largest absolute Gasteiger partial charge is 0.478 e. The van der Waals surface area contributed by atoms with Gasteiger partial charge in [-0.1, -0.05) is 0 Å². The summed E-state index contributed by atoms with van der Waals surface area (Å²) in [6.45, 7) is 4.51. The molecule has 0 saturated carbocycles. The Labute approximate surface area is 131 Å². The van der Waals surface area contributed by atoms with E-state index < -0.39 is 48.8 Å². The van der Waals surface area contributed by atoms with E-state index in [1.807, 2.05) is 0 Å². The fraction of sp³-hybridized carbons (Fsp3) is 0.333. The third kappa shape index (κ3) is 4.92. The summed E-state index contributed by atoms with van der Waals surface area (Å²) in [6.07, 6.45) is -1.31. The number of rotatable bonds is 4. The lowest BCUT2D eigenvalue weighted by atomic mass is 10.2. The summed E-state index contributed by atoms with van der Waals surface area (Å²) in [4.78, 5) is 31.4. The highest BCUT2D eigenvalue weighted by Gasteiger charge is 2.30. The number of amides is 1. The number of carboxylic acid groups (broad SMARTS) is 1. The maximum Gasteiger partial charge on any atom is 0.421 e. The fourth-order valence-corrected chi connectivity index (χ4v) is 2.51. The molecule has 0 unspecified atom stereocenters. The molecule has 0 fully saturated rings. The van der Waals surface area contributed by atoms with Gasteiger partial charge in [0.2, 0.25) is 0 Å². The molecule has 1 amide bonds. The molecule has 0 aliphatic rings. The lowest BCUT2D eigenvalue weighted by Crippen LogP contribution is -2.36. The Morgan fingerprint density at radius 3 is 2.30 bits per heavy atom. The average molecular weight is 346 g/mol. The predicted molar refractivity (Wildman–Crippen MR) is 76.6 cm³/mol. The summed E-state index contributed by atoms with van der Waals surface area (Å²) in [5.74, 6) is -1.46. The van der Waals surface area contributed by atoms with Crippen molar-refractivity contribution in [2.75, 3.05) is 0 Å². The number of nitrogens with zero attached hydrogens (tertiary/aromatic N) is 1. The van der Waals surface area contributed by atoms with E-state index in [1.165, 1.54) is 25.5 Å². The zero-order valence-electron chi connectivity index (χ0n) is 12.4. The second kappa shape index (κ2) is 6.20. The van der Waals surface area contributed by atoms with Crippen LogP contribution in [0.5, 0.6) is 0 Å². The average Bonchev–Trinajstić information content (AvgIpc) is 2.34. The highest BCUT2D eigenvalue weighted by Crippen LogP contribution is 2.25. The number of carbonyl (C=O) groups is 2. The highest BCUT2D eigenvalue weighted by molar-refractivity contribution is 7.90. The summed E-state index contributed by atoms with van der Waals surface area (Å²) in [5, 5.41) is 19.8. The summed E-state index contributed by atoms with van der Waals surface area (Å²) in [7, 11) is -4.61. The number of hydrogen-bond acceptors (Lipinski definition) is 7. The summed E-state index contributed by atoms with van der Waals surface area (Å²) in [5.41, 5.74) is -2.41. The first-order valence-corrected chi connectivity index (χ1v) is 7.59. The first kappa shape index (κ1) is 18.4. The molecule has 0 aliphatic carbocycles. The number of hydrogen-bond donors (Lipinski definition) is 2. The van der Waals surface area contributed by atoms with Gasteiger partial charge < -0.3 is 9.84 Å². The van der Waals surface area contributed by atoms with Crippen LogP contribution < -0.4 is 4.72 Å². The van der Waals surface area contributed by atoms with Gasteiger partial charge in [-0.25, -0.2) is 22.7 Å². The number of ether oxygens (including phenoxy) is 1. The smallest absolute Gasteiger partial charge is 0.421 e. The van der Waals surface area contributed by atoms with E-state index in [9.17, 15) is 28.1 Å². The molecular weight excluding hydrogens is 332 g/mol. The van der Waals surface area contributed by atoms with Crippen molar-refractivity contribution in [2.24, 2.45) is 0 Å². The number of carboxylic acids is 1. The number of nitrogens with one attached hydrogen (secondary N) is 1. The molecular formula is C12H14N2O8S. The third-order valence-electron chi connectivity index (χ3n) is 2.31. The molecule has 126 valence electrons. The van der Waals surface area contributed by atoms with Crippen LogP contribution in [-0.2, 0) is 14.8 Å². The Balaban J connectivity index is 3.25. The molecule has 1 rings (SSSR count). The van der Waals surface area contributed by atoms with Gasteiger partial charge >= 0.3 is 12.1 Å². The molecule has 23 heavy (non-hydrogen) atoms. The molecule has 0 spiro atoms. The molecule has 10 nitrogen and oxygen atoms in total. The minimum atomic E-state index is -4.61. The molecule has 1 aromatic rings. The van der Waals surface area contributed by atoms with Crippen molar-refractivity contribution >= 4 is 27.8 Å². The number of carbonyl (C=O) groups excluding carboxylic acids is 1. The lowest BCUT2D eigenvalue weighted by molar-refractivity contribution is -0.387. The van der Waals surface area contributed by atoms with Crippen molar-refractivity contribution in [3.05, 3.63) is 33.9 Å². The van der Waals surface area contributed by atoms with Crippen LogP contribution >= 0.6 is 0 Å². The van der Waals surface area contributed by atoms with E-state index in [1.54, 1.807) is 0 Å². The van der Waals surface area contributed by atoms with Gasteiger partial charge in [-0.3, -0.25) is 10.1 Å². The topological polar surface area (TPSA) is 153 Å². The number of nitro benzene ring substituents is 1. The normalized spacial score (nSPS) is 11.6. The minimum absolute atomic E-state index is 0.465. The van der Waals surface area contributed by atoms with Gasteiger partial charge in [0.15, 0.2) is 4.90 Å². The van der Waals surface area contributed by atoms with Crippen LogP contribution in [0.1, 0.15) is 31.1 Å². The van der Waals surface area contributed by atoms with Crippen LogP contribution in [0.15, 0.2) is 23.1 Å². The Hall–Kier alpha value is -2.69. The molecule has 0 saturated heterocycles. The van der Waals surface area contributed by atoms with Gasteiger partial charge in [-0.15, -0.1) is 0 Å². The van der Waals surface area contributed by atoms with Crippen LogP contribution in [0.3, 0.4) is 0 Å². The molecule has 1 aromatic carbocycles. The van der Waals surface area contributed by atoms with Gasteiger partial charge in [-0.2, -0.15) is 0 Å². The molecule has 0 heterocycles. The standard InChI is InChI=1S/C12H14N2O8S/c1-12(2,3)22-11(17)13-23(20,21)9-5-4-7(10(15)16)6-8(9)14(18)19/h4-6H,1-3H3,(H,13,17)(H,15,16). The summed E-state index contributed by atoms with van der Waals surface area (Å²) in [6, 6.07) is 2.19. The highest BCUT2D eigenvalue weighted by atomic mass is 32.2. The van der Waals surface area contributed by atoms with Crippen molar-refractivity contribution in [3.8, 4) is 0 Å². The van der Waals surface area contributed by atoms with Gasteiger partial charge in [0.05, 0.1) is 10.5 Å². The second-order valence-electron chi connectivity index (χ2n) is 5.35. The van der Waals surface area contributed by atoms with Crippen LogP contribution in [0, 0.1) is 10.1 Å². The quantitative estimate of drug-likeness (QED) is 0.614. The van der Waals surface area contributed by atoms with E-state index in [4.69, 9.17) is 9.84 Å². The molecule has 0 atom stereocenters. The van der Waals surface area contributed by atoms with E-state index >= 15 is 0 Å². The molecule has 11 heteroatoms. The maximum absolute atomic E-state index is 12.1. The van der Waals surface area contributed by atoms with Gasteiger partial charge in [-0.05, 0) is 32.9 Å². The summed E-state index contributed by atoms with van der Waals surface area (Å²) >= 11 is 0. The zero-order chi connectivity index (χ0) is 18.0. The number of aromatic carboxylic acids is 1. The molecule has 2 N–H and O–H groups in total. The number of nitro groups is 1. The molecule has 0 aromatic heterocycles. The molecule has 0 aliphatic heterocycles. The molecule has 0 radical (unpaired) electrons. The van der Waals surface area contributed by atoms with Crippen LogP contribution in [0.2, 0.25) is 0 Å². The Morgan fingerprint density at radius 1 is 1.30 bits per heavy atom. The van der Waals surface area contributed by atoms with Crippen LogP contribution in [0.4, 0.5) is 10.5 Å². The minimum Gasteiger partial charge on any atom is -0.478 e. The Morgan fingerprint density at radius 2 is 1.87 bits per heavy atom. The first-order chi connectivity index (χ1) is 10.3. The summed E-state index contributed by atoms with van der Waals surface area (Å²) < 4.78 is 30.4. The number of sulfonamides is 1. The van der Waals surface area contributed by atoms with E-state index in [-0.39, 0.29) is 0 Å². The van der Waals surface area contributed by atoms with E-state index in [0.717, 1.165) is 12.1 Å². The zero-order valence-corrected chi connectivity index (χ0v) is 13.2. The van der Waals surface area contributed by atoms with Crippen LogP contribution in [-0.4, -0.2) is 36.1 Å². The SMILES string of the molecule is CC(C)(C)OC(=O)NS(=O)(=O)c1ccc(C(=O)O)cc1[N+](=O)[O-]. The predicted octanol–water partition coefficient (Wildman–Crippen LogP) is 1.51. The second-order valence-corrected chi connectivity index (χ2v) is 7.00. The Kier molecular flexibility index (Phi) is 4.95. The number of benzene rings is 1. The van der Waals surface area contributed by atoms with Crippen molar-refractivity contribution < 1.29 is 32.8 Å². The van der Waals surface area contributed by atoms with Crippen molar-refractivity contribution in [1.29, 1.82) is 0 Å². The fourth-order valence-electron chi connectivity index (χ4n) is 1.48. The van der Waals surface area contributed by atoms with Gasteiger partial charge in [0.1, 0.15) is 5.60 Å². The third-order valence-corrected chi connectivity index (χ3v) is 3.67. The van der Waals surface area contributed by atoms with E-state index in [0.29, 0.717) is 6.07 Å². The van der Waals surface area contributed by atoms with E-state index in [2.05, 4.69) is 0 Å². The van der Waals surface area contributed by atoms with Gasteiger partial charge in [0, 0.05) is 6.07 Å². The van der Waals surface area contributed by atoms with Crippen molar-refractivity contribution in [1.82, 2.24) is 4.72 Å².